The Kier molecular flexibility index (Phi) is 5.28. The number of carbonyl (C=O) groups is 1. The Morgan fingerprint density at radius 3 is 2.79 bits per heavy atom. The molecule has 3 aromatic rings. The average molecular weight is 449 g/mol. The summed E-state index contributed by atoms with van der Waals surface area (Å²) >= 11 is 0. The van der Waals surface area contributed by atoms with Gasteiger partial charge in [-0.3, -0.25) is 19.9 Å². The fourth-order valence-electron chi connectivity index (χ4n) is 3.97. The fraction of sp³-hybridized carbons (Fsp3) is 0.417. The van der Waals surface area contributed by atoms with Crippen LogP contribution in [0.3, 0.4) is 0 Å². The first-order valence-electron chi connectivity index (χ1n) is 11.2. The number of urea groups is 1. The van der Waals surface area contributed by atoms with Gasteiger partial charge >= 0.3 is 6.03 Å². The van der Waals surface area contributed by atoms with Crippen molar-refractivity contribution in [1.29, 1.82) is 0 Å². The van der Waals surface area contributed by atoms with E-state index in [0.717, 1.165) is 17.7 Å². The normalized spacial score (nSPS) is 19.5. The number of ether oxygens (including phenoxy) is 1. The molecule has 0 aromatic carbocycles. The quantitative estimate of drug-likeness (QED) is 0.601. The van der Waals surface area contributed by atoms with Gasteiger partial charge in [0.15, 0.2) is 0 Å². The van der Waals surface area contributed by atoms with E-state index >= 15 is 0 Å². The van der Waals surface area contributed by atoms with E-state index in [4.69, 9.17) is 4.74 Å². The third-order valence-corrected chi connectivity index (χ3v) is 6.30. The zero-order valence-corrected chi connectivity index (χ0v) is 19.0. The highest BCUT2D eigenvalue weighted by molar-refractivity contribution is 5.88. The van der Waals surface area contributed by atoms with Crippen molar-refractivity contribution >= 4 is 11.8 Å². The predicted molar refractivity (Wildman–Crippen MR) is 123 cm³/mol. The summed E-state index contributed by atoms with van der Waals surface area (Å²) in [7, 11) is 0. The number of amides is 2. The van der Waals surface area contributed by atoms with Gasteiger partial charge in [-0.05, 0) is 44.4 Å². The van der Waals surface area contributed by atoms with Crippen molar-refractivity contribution in [2.45, 2.75) is 52.3 Å². The van der Waals surface area contributed by atoms with Crippen molar-refractivity contribution in [3.63, 3.8) is 0 Å². The van der Waals surface area contributed by atoms with Crippen molar-refractivity contribution in [3.05, 3.63) is 48.5 Å². The smallest absolute Gasteiger partial charge is 0.325 e. The first kappa shape index (κ1) is 21.4. The summed E-state index contributed by atoms with van der Waals surface area (Å²) in [6, 6.07) is 7.29. The number of nitrogens with zero attached hydrogens (tertiary/aromatic N) is 5. The number of hydrogen-bond donors (Lipinski definition) is 2. The Morgan fingerprint density at radius 2 is 2.09 bits per heavy atom. The third-order valence-electron chi connectivity index (χ3n) is 6.30. The number of aliphatic hydroxyl groups excluding tert-OH is 1. The van der Waals surface area contributed by atoms with E-state index < -0.39 is 6.23 Å². The van der Waals surface area contributed by atoms with E-state index in [0.29, 0.717) is 35.6 Å². The van der Waals surface area contributed by atoms with Crippen LogP contribution in [0.5, 0.6) is 11.5 Å². The number of carbonyl (C=O) groups excluding carboxylic acids is 1. The molecule has 1 saturated carbocycles. The maximum absolute atomic E-state index is 12.6. The number of nitrogens with one attached hydrogen (secondary N) is 1. The maximum Gasteiger partial charge on any atom is 0.325 e. The summed E-state index contributed by atoms with van der Waals surface area (Å²) in [5.41, 5.74) is 2.06. The van der Waals surface area contributed by atoms with Crippen molar-refractivity contribution in [2.75, 3.05) is 11.9 Å². The lowest BCUT2D eigenvalue weighted by atomic mass is 9.91. The Bertz CT molecular complexity index is 1190. The molecule has 0 bridgehead atoms. The molecule has 3 aromatic heterocycles. The predicted octanol–water partition coefficient (Wildman–Crippen LogP) is 4.36. The van der Waals surface area contributed by atoms with Crippen molar-refractivity contribution in [1.82, 2.24) is 24.6 Å². The van der Waals surface area contributed by atoms with Crippen LogP contribution in [0.1, 0.15) is 44.8 Å². The zero-order valence-electron chi connectivity index (χ0n) is 19.0. The van der Waals surface area contributed by atoms with E-state index in [9.17, 15) is 9.90 Å². The Labute approximate surface area is 192 Å². The first-order chi connectivity index (χ1) is 15.8. The summed E-state index contributed by atoms with van der Waals surface area (Å²) in [5, 5.41) is 17.6. The summed E-state index contributed by atoms with van der Waals surface area (Å²) in [4.78, 5) is 22.9. The Morgan fingerprint density at radius 1 is 1.27 bits per heavy atom. The first-order valence-corrected chi connectivity index (χ1v) is 11.2. The minimum atomic E-state index is -0.821. The second-order valence-electron chi connectivity index (χ2n) is 9.43. The molecule has 1 atom stereocenters. The number of anilines is 1. The number of pyridine rings is 2. The summed E-state index contributed by atoms with van der Waals surface area (Å²) in [6.07, 6.45) is 7.84. The molecule has 2 N–H and O–H groups in total. The van der Waals surface area contributed by atoms with Gasteiger partial charge in [0.1, 0.15) is 23.5 Å². The van der Waals surface area contributed by atoms with Gasteiger partial charge in [0.2, 0.25) is 0 Å². The number of aromatic nitrogens is 4. The van der Waals surface area contributed by atoms with Gasteiger partial charge in [0.05, 0.1) is 23.6 Å². The Hall–Kier alpha value is -3.46. The Balaban J connectivity index is 1.27. The third kappa shape index (κ3) is 4.41. The van der Waals surface area contributed by atoms with E-state index in [1.165, 1.54) is 17.7 Å². The van der Waals surface area contributed by atoms with Crippen LogP contribution in [0, 0.1) is 12.3 Å². The molecule has 1 saturated heterocycles. The number of hydrogen-bond acceptors (Lipinski definition) is 6. The molecule has 9 heteroatoms. The lowest BCUT2D eigenvalue weighted by molar-refractivity contribution is -0.00117. The molecule has 2 aliphatic rings. The molecule has 1 aliphatic heterocycles. The van der Waals surface area contributed by atoms with Crippen LogP contribution in [-0.2, 0) is 0 Å². The van der Waals surface area contributed by atoms with Gasteiger partial charge in [-0.15, -0.1) is 0 Å². The molecule has 2 amide bonds. The van der Waals surface area contributed by atoms with E-state index in [1.807, 2.05) is 43.9 Å². The van der Waals surface area contributed by atoms with Gasteiger partial charge < -0.3 is 9.84 Å². The van der Waals surface area contributed by atoms with E-state index in [-0.39, 0.29) is 11.4 Å². The number of likely N-dealkylation sites (tertiary alicyclic amines) is 1. The molecule has 1 unspecified atom stereocenters. The molecule has 4 heterocycles. The van der Waals surface area contributed by atoms with Crippen LogP contribution in [0.15, 0.2) is 42.9 Å². The number of rotatable bonds is 5. The molecular formula is C24H28N6O3. The van der Waals surface area contributed by atoms with Gasteiger partial charge in [-0.2, -0.15) is 5.10 Å². The largest absolute Gasteiger partial charge is 0.455 e. The highest BCUT2D eigenvalue weighted by atomic mass is 16.5. The molecule has 172 valence electrons. The summed E-state index contributed by atoms with van der Waals surface area (Å²) < 4.78 is 8.04. The monoisotopic (exact) mass is 448 g/mol. The van der Waals surface area contributed by atoms with E-state index in [2.05, 4.69) is 20.4 Å². The van der Waals surface area contributed by atoms with Crippen molar-refractivity contribution in [2.24, 2.45) is 5.41 Å². The molecule has 9 nitrogen and oxygen atoms in total. The molecule has 0 radical (unpaired) electrons. The van der Waals surface area contributed by atoms with Crippen LogP contribution < -0.4 is 10.1 Å². The topological polar surface area (TPSA) is 105 Å². The average Bonchev–Trinajstić information content (AvgIpc) is 3.44. The van der Waals surface area contributed by atoms with Crippen molar-refractivity contribution in [3.8, 4) is 22.8 Å². The molecule has 1 aliphatic carbocycles. The minimum absolute atomic E-state index is 0.321. The van der Waals surface area contributed by atoms with Crippen LogP contribution in [0.2, 0.25) is 0 Å². The van der Waals surface area contributed by atoms with Crippen LogP contribution in [0.4, 0.5) is 10.6 Å². The van der Waals surface area contributed by atoms with Gasteiger partial charge in [0.25, 0.3) is 0 Å². The highest BCUT2D eigenvalue weighted by Gasteiger charge is 2.41. The number of aliphatic hydroxyl groups is 1. The fourth-order valence-corrected chi connectivity index (χ4v) is 3.97. The second-order valence-corrected chi connectivity index (χ2v) is 9.43. The lowest BCUT2D eigenvalue weighted by Crippen LogP contribution is -2.42. The van der Waals surface area contributed by atoms with Gasteiger partial charge in [0, 0.05) is 36.0 Å². The minimum Gasteiger partial charge on any atom is -0.455 e. The van der Waals surface area contributed by atoms with Crippen LogP contribution in [-0.4, -0.2) is 48.6 Å². The standard InChI is InChI=1S/C24H28N6O3/c1-15-20(6-7-21(27-15)28-23(32)29-11-9-24(2,3)22(29)31)33-18-8-10-25-19(12-18)16-13-26-30(14-16)17-4-5-17/h6-8,10,12-14,17,22,31H,4-5,9,11H2,1-3H3,(H,27,28,32). The SMILES string of the molecule is Cc1nc(NC(=O)N2CCC(C)(C)C2O)ccc1Oc1ccnc(-c2cnn(C3CC3)c2)c1. The molecular weight excluding hydrogens is 420 g/mol. The second kappa shape index (κ2) is 8.15. The molecule has 33 heavy (non-hydrogen) atoms. The van der Waals surface area contributed by atoms with Gasteiger partial charge in [-0.1, -0.05) is 13.8 Å². The maximum atomic E-state index is 12.6. The number of aryl methyl sites for hydroxylation is 1. The van der Waals surface area contributed by atoms with E-state index in [1.54, 1.807) is 24.4 Å². The molecule has 0 spiro atoms. The van der Waals surface area contributed by atoms with Gasteiger partial charge in [-0.25, -0.2) is 9.78 Å². The molecule has 2 fully saturated rings. The highest BCUT2D eigenvalue weighted by Crippen LogP contribution is 2.36. The van der Waals surface area contributed by atoms with Crippen LogP contribution in [0.25, 0.3) is 11.3 Å². The van der Waals surface area contributed by atoms with Crippen molar-refractivity contribution < 1.29 is 14.6 Å². The lowest BCUT2D eigenvalue weighted by Gasteiger charge is -2.27. The summed E-state index contributed by atoms with van der Waals surface area (Å²) in [5.74, 6) is 1.63. The van der Waals surface area contributed by atoms with Crippen LogP contribution >= 0.6 is 0 Å². The zero-order chi connectivity index (χ0) is 23.2. The summed E-state index contributed by atoms with van der Waals surface area (Å²) in [6.45, 7) is 6.22. The molecule has 5 rings (SSSR count).